The Kier molecular flexibility index (Phi) is 5.69. The van der Waals surface area contributed by atoms with Gasteiger partial charge in [-0.1, -0.05) is 19.1 Å². The van der Waals surface area contributed by atoms with E-state index in [2.05, 4.69) is 34.3 Å². The molecule has 4 heteroatoms. The first-order valence-electron chi connectivity index (χ1n) is 7.47. The molecule has 0 saturated carbocycles. The fourth-order valence-corrected chi connectivity index (χ4v) is 2.12. The quantitative estimate of drug-likeness (QED) is 0.847. The van der Waals surface area contributed by atoms with Gasteiger partial charge in [0.1, 0.15) is 11.6 Å². The van der Waals surface area contributed by atoms with Gasteiger partial charge in [-0.15, -0.1) is 0 Å². The summed E-state index contributed by atoms with van der Waals surface area (Å²) in [6.45, 7) is 7.12. The van der Waals surface area contributed by atoms with Crippen molar-refractivity contribution in [2.24, 2.45) is 0 Å². The van der Waals surface area contributed by atoms with Crippen molar-refractivity contribution in [3.63, 3.8) is 0 Å². The molecule has 0 radical (unpaired) electrons. The summed E-state index contributed by atoms with van der Waals surface area (Å²) in [5, 5.41) is 3.50. The molecule has 0 aliphatic carbocycles. The summed E-state index contributed by atoms with van der Waals surface area (Å²) in [6.07, 6.45) is 4.80. The number of nitrogens with one attached hydrogen (secondary N) is 1. The van der Waals surface area contributed by atoms with Crippen LogP contribution in [0.25, 0.3) is 0 Å². The monoisotopic (exact) mass is 285 g/mol. The standard InChI is InChI=1S/C17H23N3O/c1-4-10-18-16(17-19-11-5-12-20-17)14-6-8-15(9-7-14)21-13(2)3/h5-9,11-13,16,18H,4,10H2,1-3H3. The first-order chi connectivity index (χ1) is 10.2. The molecule has 1 heterocycles. The van der Waals surface area contributed by atoms with E-state index in [1.807, 2.05) is 32.0 Å². The Morgan fingerprint density at radius 3 is 2.33 bits per heavy atom. The largest absolute Gasteiger partial charge is 0.491 e. The molecule has 0 saturated heterocycles. The molecule has 0 fully saturated rings. The Hall–Kier alpha value is -1.94. The van der Waals surface area contributed by atoms with Gasteiger partial charge >= 0.3 is 0 Å². The van der Waals surface area contributed by atoms with Gasteiger partial charge < -0.3 is 10.1 Å². The molecule has 4 nitrogen and oxygen atoms in total. The van der Waals surface area contributed by atoms with Gasteiger partial charge in [-0.2, -0.15) is 0 Å². The highest BCUT2D eigenvalue weighted by atomic mass is 16.5. The fraction of sp³-hybridized carbons (Fsp3) is 0.412. The molecule has 1 unspecified atom stereocenters. The topological polar surface area (TPSA) is 47.0 Å². The third kappa shape index (κ3) is 4.53. The average molecular weight is 285 g/mol. The van der Waals surface area contributed by atoms with Gasteiger partial charge in [0, 0.05) is 12.4 Å². The van der Waals surface area contributed by atoms with E-state index in [-0.39, 0.29) is 12.1 Å². The summed E-state index contributed by atoms with van der Waals surface area (Å²) in [5.41, 5.74) is 1.14. The Morgan fingerprint density at radius 1 is 1.10 bits per heavy atom. The molecule has 1 aromatic heterocycles. The SMILES string of the molecule is CCCNC(c1ccc(OC(C)C)cc1)c1ncccn1. The van der Waals surface area contributed by atoms with Crippen molar-refractivity contribution in [3.8, 4) is 5.75 Å². The maximum Gasteiger partial charge on any atom is 0.149 e. The summed E-state index contributed by atoms with van der Waals surface area (Å²) in [7, 11) is 0. The van der Waals surface area contributed by atoms with Crippen LogP contribution in [0, 0.1) is 0 Å². The lowest BCUT2D eigenvalue weighted by atomic mass is 10.1. The summed E-state index contributed by atoms with van der Waals surface area (Å²) >= 11 is 0. The molecule has 112 valence electrons. The zero-order valence-corrected chi connectivity index (χ0v) is 12.9. The average Bonchev–Trinajstić information content (AvgIpc) is 2.50. The van der Waals surface area contributed by atoms with Crippen LogP contribution in [-0.4, -0.2) is 22.6 Å². The van der Waals surface area contributed by atoms with Crippen LogP contribution in [0.4, 0.5) is 0 Å². The lowest BCUT2D eigenvalue weighted by molar-refractivity contribution is 0.242. The molecular formula is C17H23N3O. The van der Waals surface area contributed by atoms with Crippen molar-refractivity contribution in [2.75, 3.05) is 6.54 Å². The summed E-state index contributed by atoms with van der Waals surface area (Å²) in [5.74, 6) is 1.68. The second-order valence-corrected chi connectivity index (χ2v) is 5.23. The second kappa shape index (κ2) is 7.74. The van der Waals surface area contributed by atoms with Crippen molar-refractivity contribution in [3.05, 3.63) is 54.1 Å². The minimum Gasteiger partial charge on any atom is -0.491 e. The minimum atomic E-state index is 0.0132. The van der Waals surface area contributed by atoms with Gasteiger partial charge in [0.2, 0.25) is 0 Å². The molecule has 2 rings (SSSR count). The van der Waals surface area contributed by atoms with Crippen LogP contribution in [0.2, 0.25) is 0 Å². The Morgan fingerprint density at radius 2 is 1.76 bits per heavy atom. The molecule has 0 amide bonds. The van der Waals surface area contributed by atoms with E-state index in [1.54, 1.807) is 12.4 Å². The predicted molar refractivity (Wildman–Crippen MR) is 84.4 cm³/mol. The van der Waals surface area contributed by atoms with E-state index >= 15 is 0 Å². The van der Waals surface area contributed by atoms with Crippen LogP contribution in [0.5, 0.6) is 5.75 Å². The number of hydrogen-bond donors (Lipinski definition) is 1. The third-order valence-electron chi connectivity index (χ3n) is 3.03. The van der Waals surface area contributed by atoms with Gasteiger partial charge in [-0.05, 0) is 50.6 Å². The lowest BCUT2D eigenvalue weighted by Crippen LogP contribution is -2.25. The van der Waals surface area contributed by atoms with Crippen LogP contribution < -0.4 is 10.1 Å². The number of hydrogen-bond acceptors (Lipinski definition) is 4. The summed E-state index contributed by atoms with van der Waals surface area (Å²) in [6, 6.07) is 9.99. The number of benzene rings is 1. The molecule has 0 spiro atoms. The minimum absolute atomic E-state index is 0.0132. The van der Waals surface area contributed by atoms with Gasteiger partial charge in [0.25, 0.3) is 0 Å². The molecule has 1 N–H and O–H groups in total. The van der Waals surface area contributed by atoms with Gasteiger partial charge in [-0.25, -0.2) is 9.97 Å². The first kappa shape index (κ1) is 15.4. The van der Waals surface area contributed by atoms with Crippen molar-refractivity contribution < 1.29 is 4.74 Å². The Balaban J connectivity index is 2.20. The van der Waals surface area contributed by atoms with Crippen LogP contribution in [0.3, 0.4) is 0 Å². The van der Waals surface area contributed by atoms with E-state index in [9.17, 15) is 0 Å². The van der Waals surface area contributed by atoms with Crippen LogP contribution in [0.1, 0.15) is 44.6 Å². The zero-order chi connectivity index (χ0) is 15.1. The maximum atomic E-state index is 5.68. The second-order valence-electron chi connectivity index (χ2n) is 5.23. The first-order valence-corrected chi connectivity index (χ1v) is 7.47. The zero-order valence-electron chi connectivity index (χ0n) is 12.9. The molecule has 0 bridgehead atoms. The molecular weight excluding hydrogens is 262 g/mol. The predicted octanol–water partition coefficient (Wildman–Crippen LogP) is 3.35. The number of rotatable bonds is 7. The van der Waals surface area contributed by atoms with Gasteiger partial charge in [0.15, 0.2) is 0 Å². The van der Waals surface area contributed by atoms with Crippen LogP contribution in [-0.2, 0) is 0 Å². The van der Waals surface area contributed by atoms with Gasteiger partial charge in [0.05, 0.1) is 12.1 Å². The maximum absolute atomic E-state index is 5.68. The van der Waals surface area contributed by atoms with Crippen molar-refractivity contribution in [1.29, 1.82) is 0 Å². The highest BCUT2D eigenvalue weighted by molar-refractivity contribution is 5.32. The summed E-state index contributed by atoms with van der Waals surface area (Å²) in [4.78, 5) is 8.75. The molecule has 2 aromatic rings. The molecule has 1 aromatic carbocycles. The van der Waals surface area contributed by atoms with E-state index in [0.29, 0.717) is 0 Å². The van der Waals surface area contributed by atoms with Crippen molar-refractivity contribution >= 4 is 0 Å². The van der Waals surface area contributed by atoms with E-state index in [1.165, 1.54) is 0 Å². The number of ether oxygens (including phenoxy) is 1. The molecule has 0 aliphatic heterocycles. The molecule has 1 atom stereocenters. The molecule has 0 aliphatic rings. The van der Waals surface area contributed by atoms with Crippen molar-refractivity contribution in [2.45, 2.75) is 39.3 Å². The normalized spacial score (nSPS) is 12.4. The third-order valence-corrected chi connectivity index (χ3v) is 3.03. The highest BCUT2D eigenvalue weighted by Crippen LogP contribution is 2.22. The van der Waals surface area contributed by atoms with Crippen LogP contribution >= 0.6 is 0 Å². The fourth-order valence-electron chi connectivity index (χ4n) is 2.12. The van der Waals surface area contributed by atoms with Crippen molar-refractivity contribution in [1.82, 2.24) is 15.3 Å². The van der Waals surface area contributed by atoms with Gasteiger partial charge in [-0.3, -0.25) is 0 Å². The van der Waals surface area contributed by atoms with E-state index < -0.39 is 0 Å². The van der Waals surface area contributed by atoms with E-state index in [4.69, 9.17) is 4.74 Å². The highest BCUT2D eigenvalue weighted by Gasteiger charge is 2.15. The van der Waals surface area contributed by atoms with Crippen LogP contribution in [0.15, 0.2) is 42.7 Å². The molecule has 21 heavy (non-hydrogen) atoms. The smallest absolute Gasteiger partial charge is 0.149 e. The summed E-state index contributed by atoms with van der Waals surface area (Å²) < 4.78 is 5.68. The van der Waals surface area contributed by atoms with E-state index in [0.717, 1.165) is 30.1 Å². The number of nitrogens with zero attached hydrogens (tertiary/aromatic N) is 2. The number of aromatic nitrogens is 2. The Labute approximate surface area is 126 Å². The Bertz CT molecular complexity index is 525. The lowest BCUT2D eigenvalue weighted by Gasteiger charge is -2.18.